The highest BCUT2D eigenvalue weighted by Gasteiger charge is 2.06. The SMILES string of the molecule is Nc1nc(Cl)cc(NCc2ccc(C(F)F)cc2)n1. The van der Waals surface area contributed by atoms with Gasteiger partial charge in [0.05, 0.1) is 0 Å². The molecule has 3 N–H and O–H groups in total. The van der Waals surface area contributed by atoms with Gasteiger partial charge in [-0.25, -0.2) is 13.8 Å². The van der Waals surface area contributed by atoms with Crippen molar-refractivity contribution in [3.05, 3.63) is 46.6 Å². The number of rotatable bonds is 4. The standard InChI is InChI=1S/C12H11ClF2N4/c13-9-5-10(19-12(16)18-9)17-6-7-1-3-8(4-2-7)11(14)15/h1-5,11H,6H2,(H3,16,17,18,19). The largest absolute Gasteiger partial charge is 0.368 e. The van der Waals surface area contributed by atoms with Crippen LogP contribution in [0.15, 0.2) is 30.3 Å². The maximum absolute atomic E-state index is 12.4. The van der Waals surface area contributed by atoms with Crippen LogP contribution in [0.25, 0.3) is 0 Å². The number of hydrogen-bond donors (Lipinski definition) is 2. The molecule has 0 aliphatic heterocycles. The van der Waals surface area contributed by atoms with Gasteiger partial charge in [0, 0.05) is 18.2 Å². The Hall–Kier alpha value is -1.95. The third-order valence-corrected chi connectivity index (χ3v) is 2.61. The number of nitrogens with one attached hydrogen (secondary N) is 1. The lowest BCUT2D eigenvalue weighted by Crippen LogP contribution is -2.04. The molecule has 100 valence electrons. The molecule has 0 saturated heterocycles. The Balaban J connectivity index is 2.02. The number of nitrogen functional groups attached to an aromatic ring is 1. The zero-order valence-electron chi connectivity index (χ0n) is 9.78. The normalized spacial score (nSPS) is 10.7. The quantitative estimate of drug-likeness (QED) is 0.846. The summed E-state index contributed by atoms with van der Waals surface area (Å²) < 4.78 is 24.8. The Morgan fingerprint density at radius 3 is 2.47 bits per heavy atom. The monoisotopic (exact) mass is 284 g/mol. The van der Waals surface area contributed by atoms with Crippen LogP contribution in [-0.2, 0) is 6.54 Å². The second kappa shape index (κ2) is 5.79. The molecule has 1 aromatic carbocycles. The number of nitrogens with two attached hydrogens (primary N) is 1. The Labute approximate surface area is 113 Å². The number of nitrogens with zero attached hydrogens (tertiary/aromatic N) is 2. The van der Waals surface area contributed by atoms with E-state index in [0.29, 0.717) is 12.4 Å². The van der Waals surface area contributed by atoms with E-state index in [1.54, 1.807) is 12.1 Å². The van der Waals surface area contributed by atoms with Crippen LogP contribution in [0.3, 0.4) is 0 Å². The molecule has 0 aliphatic rings. The molecule has 0 aliphatic carbocycles. The molecule has 0 saturated carbocycles. The molecule has 0 atom stereocenters. The molecule has 0 radical (unpaired) electrons. The molecule has 1 aromatic heterocycles. The topological polar surface area (TPSA) is 63.8 Å². The second-order valence-electron chi connectivity index (χ2n) is 3.83. The first-order chi connectivity index (χ1) is 9.04. The van der Waals surface area contributed by atoms with Crippen molar-refractivity contribution in [1.82, 2.24) is 9.97 Å². The van der Waals surface area contributed by atoms with Crippen LogP contribution in [0.1, 0.15) is 17.6 Å². The van der Waals surface area contributed by atoms with E-state index in [9.17, 15) is 8.78 Å². The highest BCUT2D eigenvalue weighted by molar-refractivity contribution is 6.29. The maximum atomic E-state index is 12.4. The molecule has 0 bridgehead atoms. The molecule has 0 amide bonds. The summed E-state index contributed by atoms with van der Waals surface area (Å²) in [6, 6.07) is 7.57. The lowest BCUT2D eigenvalue weighted by atomic mass is 10.1. The van der Waals surface area contributed by atoms with Gasteiger partial charge in [-0.1, -0.05) is 35.9 Å². The van der Waals surface area contributed by atoms with Gasteiger partial charge in [-0.3, -0.25) is 0 Å². The molecule has 7 heteroatoms. The minimum absolute atomic E-state index is 0.00178. The van der Waals surface area contributed by atoms with Crippen LogP contribution in [0.2, 0.25) is 5.15 Å². The predicted octanol–water partition coefficient (Wildman–Crippen LogP) is 3.26. The molecule has 0 spiro atoms. The minimum atomic E-state index is -2.46. The van der Waals surface area contributed by atoms with Crippen molar-refractivity contribution in [3.63, 3.8) is 0 Å². The van der Waals surface area contributed by atoms with Crippen LogP contribution in [-0.4, -0.2) is 9.97 Å². The number of halogens is 3. The van der Waals surface area contributed by atoms with Gasteiger partial charge in [0.1, 0.15) is 11.0 Å². The zero-order valence-corrected chi connectivity index (χ0v) is 10.5. The average Bonchev–Trinajstić information content (AvgIpc) is 2.36. The fourth-order valence-electron chi connectivity index (χ4n) is 1.50. The van der Waals surface area contributed by atoms with E-state index in [2.05, 4.69) is 15.3 Å². The van der Waals surface area contributed by atoms with E-state index in [1.807, 2.05) is 0 Å². The van der Waals surface area contributed by atoms with E-state index in [1.165, 1.54) is 18.2 Å². The fourth-order valence-corrected chi connectivity index (χ4v) is 1.69. The first-order valence-electron chi connectivity index (χ1n) is 5.45. The Kier molecular flexibility index (Phi) is 4.11. The lowest BCUT2D eigenvalue weighted by molar-refractivity contribution is 0.151. The maximum Gasteiger partial charge on any atom is 0.263 e. The van der Waals surface area contributed by atoms with Gasteiger partial charge in [0.15, 0.2) is 0 Å². The Bertz CT molecular complexity index is 540. The van der Waals surface area contributed by atoms with Crippen LogP contribution in [0, 0.1) is 0 Å². The van der Waals surface area contributed by atoms with Crippen LogP contribution in [0.5, 0.6) is 0 Å². The molecular weight excluding hydrogens is 274 g/mol. The molecule has 1 heterocycles. The molecule has 2 aromatic rings. The highest BCUT2D eigenvalue weighted by Crippen LogP contribution is 2.19. The molecule has 19 heavy (non-hydrogen) atoms. The van der Waals surface area contributed by atoms with Crippen molar-refractivity contribution < 1.29 is 8.78 Å². The van der Waals surface area contributed by atoms with Crippen LogP contribution >= 0.6 is 11.6 Å². The van der Waals surface area contributed by atoms with Crippen molar-refractivity contribution >= 4 is 23.4 Å². The molecule has 4 nitrogen and oxygen atoms in total. The van der Waals surface area contributed by atoms with E-state index in [0.717, 1.165) is 5.56 Å². The first-order valence-corrected chi connectivity index (χ1v) is 5.83. The molecule has 0 fully saturated rings. The summed E-state index contributed by atoms with van der Waals surface area (Å²) in [4.78, 5) is 7.68. The van der Waals surface area contributed by atoms with Gasteiger partial charge >= 0.3 is 0 Å². The van der Waals surface area contributed by atoms with Gasteiger partial charge in [-0.15, -0.1) is 0 Å². The lowest BCUT2D eigenvalue weighted by Gasteiger charge is -2.07. The van der Waals surface area contributed by atoms with E-state index in [-0.39, 0.29) is 16.7 Å². The summed E-state index contributed by atoms with van der Waals surface area (Å²) in [6.07, 6.45) is -2.46. The number of benzene rings is 1. The zero-order chi connectivity index (χ0) is 13.8. The third-order valence-electron chi connectivity index (χ3n) is 2.42. The smallest absolute Gasteiger partial charge is 0.263 e. The van der Waals surface area contributed by atoms with Crippen molar-refractivity contribution in [3.8, 4) is 0 Å². The van der Waals surface area contributed by atoms with Gasteiger partial charge in [-0.2, -0.15) is 4.98 Å². The summed E-state index contributed by atoms with van der Waals surface area (Å²) in [7, 11) is 0. The summed E-state index contributed by atoms with van der Waals surface area (Å²) in [5.41, 5.74) is 6.29. The van der Waals surface area contributed by atoms with Crippen molar-refractivity contribution in [2.24, 2.45) is 0 Å². The minimum Gasteiger partial charge on any atom is -0.368 e. The average molecular weight is 285 g/mol. The fraction of sp³-hybridized carbons (Fsp3) is 0.167. The highest BCUT2D eigenvalue weighted by atomic mass is 35.5. The van der Waals surface area contributed by atoms with Crippen molar-refractivity contribution in [1.29, 1.82) is 0 Å². The Morgan fingerprint density at radius 1 is 1.21 bits per heavy atom. The van der Waals surface area contributed by atoms with Gasteiger partial charge in [0.2, 0.25) is 5.95 Å². The number of anilines is 2. The summed E-state index contributed by atoms with van der Waals surface area (Å²) in [5.74, 6) is 0.554. The number of alkyl halides is 2. The summed E-state index contributed by atoms with van der Waals surface area (Å²) in [5, 5.41) is 3.23. The van der Waals surface area contributed by atoms with Gasteiger partial charge in [-0.05, 0) is 5.56 Å². The third kappa shape index (κ3) is 3.75. The Morgan fingerprint density at radius 2 is 1.89 bits per heavy atom. The predicted molar refractivity (Wildman–Crippen MR) is 70.2 cm³/mol. The van der Waals surface area contributed by atoms with Gasteiger partial charge < -0.3 is 11.1 Å². The van der Waals surface area contributed by atoms with E-state index < -0.39 is 6.43 Å². The van der Waals surface area contributed by atoms with Crippen molar-refractivity contribution in [2.45, 2.75) is 13.0 Å². The summed E-state index contributed by atoms with van der Waals surface area (Å²) >= 11 is 5.73. The van der Waals surface area contributed by atoms with Gasteiger partial charge in [0.25, 0.3) is 6.43 Å². The summed E-state index contributed by atoms with van der Waals surface area (Å²) in [6.45, 7) is 0.427. The van der Waals surface area contributed by atoms with E-state index >= 15 is 0 Å². The van der Waals surface area contributed by atoms with Crippen LogP contribution < -0.4 is 11.1 Å². The molecule has 0 unspecified atom stereocenters. The number of hydrogen-bond acceptors (Lipinski definition) is 4. The molecular formula is C12H11ClF2N4. The van der Waals surface area contributed by atoms with Crippen LogP contribution in [0.4, 0.5) is 20.5 Å². The second-order valence-corrected chi connectivity index (χ2v) is 4.22. The van der Waals surface area contributed by atoms with Crippen molar-refractivity contribution in [2.75, 3.05) is 11.1 Å². The first kappa shape index (κ1) is 13.5. The number of aromatic nitrogens is 2. The van der Waals surface area contributed by atoms with E-state index in [4.69, 9.17) is 17.3 Å². The molecule has 2 rings (SSSR count).